The summed E-state index contributed by atoms with van der Waals surface area (Å²) < 4.78 is 5.16. The number of anilines is 1. The van der Waals surface area contributed by atoms with Crippen LogP contribution in [0.15, 0.2) is 47.5 Å². The number of amidine groups is 1. The Morgan fingerprint density at radius 2 is 1.93 bits per heavy atom. The second kappa shape index (κ2) is 9.13. The van der Waals surface area contributed by atoms with Crippen molar-refractivity contribution in [1.82, 2.24) is 4.90 Å². The SMILES string of the molecule is CCN1C(=O)[C@@H](CC(=O)Nc2ccc(C)cc2C)SC1=Nc1ccc(OC)cc1. The van der Waals surface area contributed by atoms with Crippen molar-refractivity contribution in [1.29, 1.82) is 0 Å². The summed E-state index contributed by atoms with van der Waals surface area (Å²) in [4.78, 5) is 31.5. The fourth-order valence-electron chi connectivity index (χ4n) is 3.11. The van der Waals surface area contributed by atoms with Gasteiger partial charge in [0.05, 0.1) is 12.8 Å². The molecule has 1 heterocycles. The number of benzene rings is 2. The van der Waals surface area contributed by atoms with E-state index in [4.69, 9.17) is 4.74 Å². The Morgan fingerprint density at radius 3 is 2.55 bits per heavy atom. The van der Waals surface area contributed by atoms with E-state index in [9.17, 15) is 9.59 Å². The fraction of sp³-hybridized carbons (Fsp3) is 0.318. The van der Waals surface area contributed by atoms with Crippen molar-refractivity contribution < 1.29 is 14.3 Å². The highest BCUT2D eigenvalue weighted by Crippen LogP contribution is 2.32. The van der Waals surface area contributed by atoms with Crippen LogP contribution in [0.1, 0.15) is 24.5 Å². The minimum absolute atomic E-state index is 0.0828. The average molecular weight is 412 g/mol. The van der Waals surface area contributed by atoms with E-state index < -0.39 is 5.25 Å². The van der Waals surface area contributed by atoms with E-state index >= 15 is 0 Å². The van der Waals surface area contributed by atoms with Gasteiger partial charge in [0, 0.05) is 18.7 Å². The topological polar surface area (TPSA) is 71.0 Å². The van der Waals surface area contributed by atoms with Crippen molar-refractivity contribution in [3.8, 4) is 5.75 Å². The van der Waals surface area contributed by atoms with Gasteiger partial charge in [-0.3, -0.25) is 14.5 Å². The lowest BCUT2D eigenvalue weighted by atomic mass is 10.1. The summed E-state index contributed by atoms with van der Waals surface area (Å²) in [6.07, 6.45) is 0.106. The molecule has 0 saturated carbocycles. The molecule has 7 heteroatoms. The van der Waals surface area contributed by atoms with Gasteiger partial charge in [0.2, 0.25) is 11.8 Å². The Balaban J connectivity index is 1.70. The van der Waals surface area contributed by atoms with E-state index in [1.807, 2.05) is 63.2 Å². The Labute approximate surface area is 175 Å². The van der Waals surface area contributed by atoms with Crippen LogP contribution in [0.4, 0.5) is 11.4 Å². The van der Waals surface area contributed by atoms with Crippen LogP contribution in [0.3, 0.4) is 0 Å². The Kier molecular flexibility index (Phi) is 6.59. The molecule has 1 fully saturated rings. The second-order valence-electron chi connectivity index (χ2n) is 6.85. The highest BCUT2D eigenvalue weighted by Gasteiger charge is 2.38. The number of carbonyl (C=O) groups excluding carboxylic acids is 2. The molecule has 152 valence electrons. The molecule has 1 aliphatic rings. The van der Waals surface area contributed by atoms with Gasteiger partial charge in [0.25, 0.3) is 0 Å². The molecule has 6 nitrogen and oxygen atoms in total. The molecule has 2 aromatic rings. The van der Waals surface area contributed by atoms with Crippen molar-refractivity contribution >= 4 is 40.1 Å². The first-order chi connectivity index (χ1) is 13.9. The van der Waals surface area contributed by atoms with Crippen LogP contribution in [0.2, 0.25) is 0 Å². The Bertz CT molecular complexity index is 941. The van der Waals surface area contributed by atoms with Crippen LogP contribution in [0, 0.1) is 13.8 Å². The van der Waals surface area contributed by atoms with E-state index in [0.29, 0.717) is 11.7 Å². The van der Waals surface area contributed by atoms with Gasteiger partial charge < -0.3 is 10.1 Å². The zero-order valence-electron chi connectivity index (χ0n) is 17.1. The van der Waals surface area contributed by atoms with E-state index in [2.05, 4.69) is 10.3 Å². The monoisotopic (exact) mass is 411 g/mol. The standard InChI is InChI=1S/C22H25N3O3S/c1-5-25-21(27)19(13-20(26)24-18-11-6-14(2)12-15(18)3)29-22(25)23-16-7-9-17(28-4)10-8-16/h6-12,19H,5,13H2,1-4H3,(H,24,26)/t19-/m1/s1. The van der Waals surface area contributed by atoms with Gasteiger partial charge in [0.15, 0.2) is 5.17 Å². The minimum Gasteiger partial charge on any atom is -0.497 e. The minimum atomic E-state index is -0.474. The number of nitrogens with zero attached hydrogens (tertiary/aromatic N) is 2. The second-order valence-corrected chi connectivity index (χ2v) is 8.02. The summed E-state index contributed by atoms with van der Waals surface area (Å²) in [6.45, 7) is 6.38. The fourth-order valence-corrected chi connectivity index (χ4v) is 4.33. The van der Waals surface area contributed by atoms with Gasteiger partial charge in [-0.2, -0.15) is 0 Å². The smallest absolute Gasteiger partial charge is 0.242 e. The third kappa shape index (κ3) is 4.98. The molecule has 29 heavy (non-hydrogen) atoms. The van der Waals surface area contributed by atoms with Gasteiger partial charge in [0.1, 0.15) is 11.0 Å². The maximum Gasteiger partial charge on any atom is 0.242 e. The molecular weight excluding hydrogens is 386 g/mol. The zero-order valence-corrected chi connectivity index (χ0v) is 17.9. The van der Waals surface area contributed by atoms with Gasteiger partial charge in [-0.25, -0.2) is 4.99 Å². The molecule has 0 aliphatic carbocycles. The summed E-state index contributed by atoms with van der Waals surface area (Å²) in [5.41, 5.74) is 3.65. The van der Waals surface area contributed by atoms with Gasteiger partial charge in [-0.1, -0.05) is 29.5 Å². The van der Waals surface area contributed by atoms with Crippen molar-refractivity contribution in [2.24, 2.45) is 4.99 Å². The number of aryl methyl sites for hydroxylation is 2. The highest BCUT2D eigenvalue weighted by molar-refractivity contribution is 8.15. The van der Waals surface area contributed by atoms with Crippen LogP contribution < -0.4 is 10.1 Å². The predicted molar refractivity (Wildman–Crippen MR) is 118 cm³/mol. The molecular formula is C22H25N3O3S. The molecule has 0 aromatic heterocycles. The van der Waals surface area contributed by atoms with E-state index in [1.165, 1.54) is 11.8 Å². The van der Waals surface area contributed by atoms with E-state index in [1.54, 1.807) is 12.0 Å². The summed E-state index contributed by atoms with van der Waals surface area (Å²) in [5.74, 6) is 0.488. The van der Waals surface area contributed by atoms with Crippen molar-refractivity contribution in [2.75, 3.05) is 19.0 Å². The third-order valence-electron chi connectivity index (χ3n) is 4.66. The Hall–Kier alpha value is -2.80. The zero-order chi connectivity index (χ0) is 21.0. The summed E-state index contributed by atoms with van der Waals surface area (Å²) in [7, 11) is 1.61. The van der Waals surface area contributed by atoms with E-state index in [0.717, 1.165) is 28.3 Å². The van der Waals surface area contributed by atoms with Crippen molar-refractivity contribution in [3.63, 3.8) is 0 Å². The van der Waals surface area contributed by atoms with Crippen LogP contribution in [-0.2, 0) is 9.59 Å². The lowest BCUT2D eigenvalue weighted by molar-refractivity contribution is -0.128. The number of nitrogens with one attached hydrogen (secondary N) is 1. The predicted octanol–water partition coefficient (Wildman–Crippen LogP) is 4.29. The average Bonchev–Trinajstić information content (AvgIpc) is 2.98. The molecule has 2 amide bonds. The van der Waals surface area contributed by atoms with Gasteiger partial charge in [-0.05, 0) is 56.7 Å². The first-order valence-electron chi connectivity index (χ1n) is 9.49. The Morgan fingerprint density at radius 1 is 1.21 bits per heavy atom. The largest absolute Gasteiger partial charge is 0.497 e. The number of hydrogen-bond acceptors (Lipinski definition) is 5. The van der Waals surface area contributed by atoms with Crippen LogP contribution in [-0.4, -0.2) is 40.8 Å². The number of aliphatic imine (C=N–C) groups is 1. The first-order valence-corrected chi connectivity index (χ1v) is 10.4. The third-order valence-corrected chi connectivity index (χ3v) is 5.84. The summed E-state index contributed by atoms with van der Waals surface area (Å²) in [5, 5.41) is 3.06. The van der Waals surface area contributed by atoms with E-state index in [-0.39, 0.29) is 18.2 Å². The molecule has 1 atom stereocenters. The normalized spacial score (nSPS) is 17.7. The molecule has 1 saturated heterocycles. The maximum atomic E-state index is 12.8. The van der Waals surface area contributed by atoms with Gasteiger partial charge >= 0.3 is 0 Å². The molecule has 0 bridgehead atoms. The quantitative estimate of drug-likeness (QED) is 0.770. The number of ether oxygens (including phenoxy) is 1. The molecule has 1 aliphatic heterocycles. The number of hydrogen-bond donors (Lipinski definition) is 1. The molecule has 0 spiro atoms. The molecule has 2 aromatic carbocycles. The molecule has 1 N–H and O–H groups in total. The van der Waals surface area contributed by atoms with Crippen LogP contribution in [0.25, 0.3) is 0 Å². The number of methoxy groups -OCH3 is 1. The highest BCUT2D eigenvalue weighted by atomic mass is 32.2. The lowest BCUT2D eigenvalue weighted by Crippen LogP contribution is -2.33. The number of thioether (sulfide) groups is 1. The summed E-state index contributed by atoms with van der Waals surface area (Å²) in [6, 6.07) is 13.2. The first kappa shape index (κ1) is 20.9. The molecule has 0 unspecified atom stereocenters. The maximum absolute atomic E-state index is 12.8. The molecule has 0 radical (unpaired) electrons. The van der Waals surface area contributed by atoms with Crippen molar-refractivity contribution in [3.05, 3.63) is 53.6 Å². The summed E-state index contributed by atoms with van der Waals surface area (Å²) >= 11 is 1.34. The number of amides is 2. The van der Waals surface area contributed by atoms with Gasteiger partial charge in [-0.15, -0.1) is 0 Å². The number of carbonyl (C=O) groups is 2. The van der Waals surface area contributed by atoms with Crippen LogP contribution in [0.5, 0.6) is 5.75 Å². The van der Waals surface area contributed by atoms with Crippen molar-refractivity contribution in [2.45, 2.75) is 32.4 Å². The number of rotatable bonds is 6. The lowest BCUT2D eigenvalue weighted by Gasteiger charge is -2.13. The molecule has 3 rings (SSSR count). The van der Waals surface area contributed by atoms with Crippen LogP contribution >= 0.6 is 11.8 Å².